The molecule has 1 aromatic carbocycles. The monoisotopic (exact) mass is 312 g/mol. The van der Waals surface area contributed by atoms with Crippen LogP contribution in [0.2, 0.25) is 5.02 Å². The molecule has 0 aliphatic heterocycles. The molecule has 116 valence electrons. The number of halogens is 1. The number of hydrogen-bond donors (Lipinski definition) is 1. The molecule has 0 aromatic heterocycles. The third-order valence-electron chi connectivity index (χ3n) is 2.83. The number of amides is 1. The van der Waals surface area contributed by atoms with Crippen LogP contribution in [0.15, 0.2) is 18.2 Å². The Morgan fingerprint density at radius 1 is 1.29 bits per heavy atom. The zero-order valence-electron chi connectivity index (χ0n) is 13.0. The van der Waals surface area contributed by atoms with Crippen molar-refractivity contribution in [3.63, 3.8) is 0 Å². The summed E-state index contributed by atoms with van der Waals surface area (Å²) in [5.41, 5.74) is -0.705. The Balaban J connectivity index is 3.02. The van der Waals surface area contributed by atoms with Gasteiger partial charge in [0, 0.05) is 16.6 Å². The molecule has 1 amide bonds. The molecule has 0 unspecified atom stereocenters. The van der Waals surface area contributed by atoms with Gasteiger partial charge < -0.3 is 5.32 Å². The molecule has 0 bridgehead atoms. The first-order chi connectivity index (χ1) is 9.41. The summed E-state index contributed by atoms with van der Waals surface area (Å²) in [6.45, 7) is 10.0. The zero-order valence-corrected chi connectivity index (χ0v) is 13.7. The van der Waals surface area contributed by atoms with Crippen molar-refractivity contribution in [3.8, 4) is 0 Å². The molecular formula is C15H21ClN2O3. The van der Waals surface area contributed by atoms with E-state index in [1.165, 1.54) is 18.2 Å². The molecular weight excluding hydrogens is 292 g/mol. The fraction of sp³-hybridized carbons (Fsp3) is 0.533. The Hall–Kier alpha value is -1.62. The minimum absolute atomic E-state index is 0.0198. The quantitative estimate of drug-likeness (QED) is 0.669. The fourth-order valence-corrected chi connectivity index (χ4v) is 2.76. The van der Waals surface area contributed by atoms with Crippen molar-refractivity contribution < 1.29 is 9.72 Å². The predicted octanol–water partition coefficient (Wildman–Crippen LogP) is 4.19. The molecule has 1 rings (SSSR count). The van der Waals surface area contributed by atoms with Gasteiger partial charge >= 0.3 is 0 Å². The minimum atomic E-state index is -0.600. The maximum atomic E-state index is 12.3. The van der Waals surface area contributed by atoms with Gasteiger partial charge in [0.05, 0.1) is 4.92 Å². The molecule has 0 aliphatic rings. The van der Waals surface area contributed by atoms with Crippen LogP contribution in [-0.2, 0) is 0 Å². The standard InChI is InChI=1S/C15H21ClN2O3/c1-14(2,3)9-15(4,5)17-13(19)11-7-6-10(16)8-12(11)18(20)21/h6-8H,9H2,1-5H3,(H,17,19). The third-order valence-corrected chi connectivity index (χ3v) is 3.06. The van der Waals surface area contributed by atoms with Crippen molar-refractivity contribution in [1.29, 1.82) is 0 Å². The summed E-state index contributed by atoms with van der Waals surface area (Å²) < 4.78 is 0. The van der Waals surface area contributed by atoms with Crippen molar-refractivity contribution in [1.82, 2.24) is 5.32 Å². The van der Waals surface area contributed by atoms with Crippen molar-refractivity contribution in [2.45, 2.75) is 46.6 Å². The second-order valence-corrected chi connectivity index (χ2v) is 7.43. The van der Waals surface area contributed by atoms with Gasteiger partial charge in [0.15, 0.2) is 0 Å². The smallest absolute Gasteiger partial charge is 0.283 e. The maximum absolute atomic E-state index is 12.3. The average Bonchev–Trinajstić information content (AvgIpc) is 2.24. The first-order valence-corrected chi connectivity index (χ1v) is 7.05. The Bertz CT molecular complexity index is 563. The molecule has 0 atom stereocenters. The Kier molecular flexibility index (Phi) is 4.99. The summed E-state index contributed by atoms with van der Waals surface area (Å²) in [4.78, 5) is 22.8. The van der Waals surface area contributed by atoms with Gasteiger partial charge in [0.25, 0.3) is 11.6 Å². The van der Waals surface area contributed by atoms with E-state index in [1.54, 1.807) is 0 Å². The van der Waals surface area contributed by atoms with Crippen molar-refractivity contribution >= 4 is 23.2 Å². The van der Waals surface area contributed by atoms with Crippen molar-refractivity contribution in [2.75, 3.05) is 0 Å². The summed E-state index contributed by atoms with van der Waals surface area (Å²) >= 11 is 5.75. The molecule has 5 nitrogen and oxygen atoms in total. The third kappa shape index (κ3) is 5.34. The first-order valence-electron chi connectivity index (χ1n) is 6.68. The number of nitrogens with one attached hydrogen (secondary N) is 1. The van der Waals surface area contributed by atoms with Gasteiger partial charge in [0.1, 0.15) is 5.56 Å². The summed E-state index contributed by atoms with van der Waals surface area (Å²) in [6, 6.07) is 4.04. The summed E-state index contributed by atoms with van der Waals surface area (Å²) in [7, 11) is 0. The molecule has 1 N–H and O–H groups in total. The Labute approximate surface area is 129 Å². The van der Waals surface area contributed by atoms with Crippen LogP contribution in [-0.4, -0.2) is 16.4 Å². The van der Waals surface area contributed by atoms with E-state index >= 15 is 0 Å². The lowest BCUT2D eigenvalue weighted by Crippen LogP contribution is -2.45. The van der Waals surface area contributed by atoms with Crippen LogP contribution in [0.25, 0.3) is 0 Å². The number of nitro groups is 1. The van der Waals surface area contributed by atoms with Gasteiger partial charge in [-0.3, -0.25) is 14.9 Å². The van der Waals surface area contributed by atoms with E-state index in [9.17, 15) is 14.9 Å². The topological polar surface area (TPSA) is 72.2 Å². The van der Waals surface area contributed by atoms with E-state index in [-0.39, 0.29) is 21.7 Å². The Morgan fingerprint density at radius 3 is 2.33 bits per heavy atom. The molecule has 0 fully saturated rings. The van der Waals surface area contributed by atoms with Crippen LogP contribution >= 0.6 is 11.6 Å². The number of carbonyl (C=O) groups excluding carboxylic acids is 1. The van der Waals surface area contributed by atoms with Gasteiger partial charge in [-0.15, -0.1) is 0 Å². The van der Waals surface area contributed by atoms with E-state index < -0.39 is 16.4 Å². The highest BCUT2D eigenvalue weighted by Crippen LogP contribution is 2.28. The number of benzene rings is 1. The summed E-state index contributed by atoms with van der Waals surface area (Å²) in [6.07, 6.45) is 0.743. The maximum Gasteiger partial charge on any atom is 0.283 e. The molecule has 0 aliphatic carbocycles. The zero-order chi connectivity index (χ0) is 16.4. The van der Waals surface area contributed by atoms with Crippen LogP contribution in [0.3, 0.4) is 0 Å². The van der Waals surface area contributed by atoms with E-state index in [2.05, 4.69) is 26.1 Å². The lowest BCUT2D eigenvalue weighted by molar-refractivity contribution is -0.385. The van der Waals surface area contributed by atoms with E-state index in [0.717, 1.165) is 6.42 Å². The SMILES string of the molecule is CC(C)(C)CC(C)(C)NC(=O)c1ccc(Cl)cc1[N+](=O)[O-]. The van der Waals surface area contributed by atoms with Crippen LogP contribution in [0.4, 0.5) is 5.69 Å². The van der Waals surface area contributed by atoms with Crippen LogP contribution in [0.1, 0.15) is 51.4 Å². The number of nitrogens with zero attached hydrogens (tertiary/aromatic N) is 1. The fourth-order valence-electron chi connectivity index (χ4n) is 2.59. The van der Waals surface area contributed by atoms with Gasteiger partial charge in [-0.25, -0.2) is 0 Å². The number of hydrogen-bond acceptors (Lipinski definition) is 3. The lowest BCUT2D eigenvalue weighted by Gasteiger charge is -2.33. The molecule has 0 heterocycles. The largest absolute Gasteiger partial charge is 0.347 e. The predicted molar refractivity (Wildman–Crippen MR) is 83.7 cm³/mol. The van der Waals surface area contributed by atoms with Gasteiger partial charge in [0.2, 0.25) is 0 Å². The number of carbonyl (C=O) groups is 1. The Morgan fingerprint density at radius 2 is 1.86 bits per heavy atom. The van der Waals surface area contributed by atoms with Crippen LogP contribution < -0.4 is 5.32 Å². The number of rotatable bonds is 4. The van der Waals surface area contributed by atoms with E-state index in [0.29, 0.717) is 0 Å². The second kappa shape index (κ2) is 6.02. The normalized spacial score (nSPS) is 12.1. The summed E-state index contributed by atoms with van der Waals surface area (Å²) in [5, 5.41) is 14.1. The highest BCUT2D eigenvalue weighted by atomic mass is 35.5. The highest BCUT2D eigenvalue weighted by molar-refractivity contribution is 6.31. The molecule has 0 spiro atoms. The van der Waals surface area contributed by atoms with Crippen LogP contribution in [0.5, 0.6) is 0 Å². The highest BCUT2D eigenvalue weighted by Gasteiger charge is 2.29. The van der Waals surface area contributed by atoms with E-state index in [4.69, 9.17) is 11.6 Å². The minimum Gasteiger partial charge on any atom is -0.347 e. The summed E-state index contributed by atoms with van der Waals surface area (Å²) in [5.74, 6) is -0.465. The first kappa shape index (κ1) is 17.4. The molecule has 0 saturated heterocycles. The average molecular weight is 313 g/mol. The van der Waals surface area contributed by atoms with Crippen molar-refractivity contribution in [3.05, 3.63) is 38.9 Å². The lowest BCUT2D eigenvalue weighted by atomic mass is 9.81. The second-order valence-electron chi connectivity index (χ2n) is 6.99. The van der Waals surface area contributed by atoms with Crippen LogP contribution in [0, 0.1) is 15.5 Å². The van der Waals surface area contributed by atoms with Gasteiger partial charge in [-0.2, -0.15) is 0 Å². The number of nitro benzene ring substituents is 1. The molecule has 0 radical (unpaired) electrons. The van der Waals surface area contributed by atoms with Crippen molar-refractivity contribution in [2.24, 2.45) is 5.41 Å². The van der Waals surface area contributed by atoms with E-state index in [1.807, 2.05) is 13.8 Å². The molecule has 0 saturated carbocycles. The molecule has 6 heteroatoms. The van der Waals surface area contributed by atoms with Gasteiger partial charge in [-0.05, 0) is 37.8 Å². The molecule has 21 heavy (non-hydrogen) atoms. The van der Waals surface area contributed by atoms with Gasteiger partial charge in [-0.1, -0.05) is 32.4 Å². The molecule has 1 aromatic rings.